The zero-order valence-electron chi connectivity index (χ0n) is 17.6. The van der Waals surface area contributed by atoms with Crippen LogP contribution in [0.15, 0.2) is 6.07 Å². The van der Waals surface area contributed by atoms with Crippen molar-refractivity contribution in [1.29, 1.82) is 0 Å². The first kappa shape index (κ1) is 23.0. The van der Waals surface area contributed by atoms with Gasteiger partial charge in [0.05, 0.1) is 6.61 Å². The standard InChI is InChI=1S/C22H33O5/c1-9-10-11-27-20(26)16(19(24)25)15-13(2)12-14(21(3,4)5)18(23)17(15)22(6,7)8/h12,16,23H,2,9-11H2,1,3-8H3,(H,24,25). The molecule has 1 aromatic carbocycles. The van der Waals surface area contributed by atoms with Gasteiger partial charge in [0, 0.05) is 5.56 Å². The number of esters is 1. The molecule has 1 atom stereocenters. The number of rotatable bonds is 6. The zero-order chi connectivity index (χ0) is 21.2. The van der Waals surface area contributed by atoms with Crippen LogP contribution in [0.1, 0.15) is 89.5 Å². The molecule has 5 heteroatoms. The second-order valence-corrected chi connectivity index (χ2v) is 9.01. The van der Waals surface area contributed by atoms with Gasteiger partial charge in [-0.05, 0) is 40.9 Å². The summed E-state index contributed by atoms with van der Waals surface area (Å²) in [7, 11) is 0. The van der Waals surface area contributed by atoms with Gasteiger partial charge >= 0.3 is 11.9 Å². The Morgan fingerprint density at radius 3 is 2.11 bits per heavy atom. The first-order valence-electron chi connectivity index (χ1n) is 9.35. The molecule has 0 saturated heterocycles. The van der Waals surface area contributed by atoms with Gasteiger partial charge in [-0.1, -0.05) is 61.0 Å². The minimum atomic E-state index is -1.52. The van der Waals surface area contributed by atoms with E-state index >= 15 is 0 Å². The summed E-state index contributed by atoms with van der Waals surface area (Å²) < 4.78 is 5.19. The lowest BCUT2D eigenvalue weighted by molar-refractivity contribution is -0.154. The quantitative estimate of drug-likeness (QED) is 0.427. The van der Waals surface area contributed by atoms with Gasteiger partial charge in [-0.2, -0.15) is 0 Å². The molecule has 27 heavy (non-hydrogen) atoms. The lowest BCUT2D eigenvalue weighted by Crippen LogP contribution is -2.29. The summed E-state index contributed by atoms with van der Waals surface area (Å²) in [4.78, 5) is 24.6. The minimum Gasteiger partial charge on any atom is -0.507 e. The van der Waals surface area contributed by atoms with E-state index < -0.39 is 23.3 Å². The number of carboxylic acids is 1. The molecule has 0 saturated carbocycles. The van der Waals surface area contributed by atoms with Crippen LogP contribution < -0.4 is 0 Å². The second kappa shape index (κ2) is 8.32. The van der Waals surface area contributed by atoms with Crippen molar-refractivity contribution in [3.63, 3.8) is 0 Å². The summed E-state index contributed by atoms with van der Waals surface area (Å²) in [5.74, 6) is -3.64. The van der Waals surface area contributed by atoms with Crippen molar-refractivity contribution >= 4 is 11.9 Å². The summed E-state index contributed by atoms with van der Waals surface area (Å²) in [5, 5.41) is 20.8. The highest BCUT2D eigenvalue weighted by atomic mass is 16.5. The number of benzene rings is 1. The van der Waals surface area contributed by atoms with Gasteiger partial charge in [0.1, 0.15) is 5.75 Å². The van der Waals surface area contributed by atoms with Crippen LogP contribution in [0.2, 0.25) is 0 Å². The highest BCUT2D eigenvalue weighted by Crippen LogP contribution is 2.45. The summed E-state index contributed by atoms with van der Waals surface area (Å²) in [6.45, 7) is 17.6. The van der Waals surface area contributed by atoms with Crippen LogP contribution in [0.4, 0.5) is 0 Å². The molecule has 0 aliphatic heterocycles. The maximum Gasteiger partial charge on any atom is 0.324 e. The van der Waals surface area contributed by atoms with E-state index in [2.05, 4.69) is 6.92 Å². The van der Waals surface area contributed by atoms with E-state index in [9.17, 15) is 19.8 Å². The van der Waals surface area contributed by atoms with Crippen molar-refractivity contribution in [3.05, 3.63) is 35.2 Å². The molecule has 1 unspecified atom stereocenters. The summed E-state index contributed by atoms with van der Waals surface area (Å²) in [6.07, 6.45) is 1.50. The molecule has 151 valence electrons. The molecule has 0 spiro atoms. The summed E-state index contributed by atoms with van der Waals surface area (Å²) in [6, 6.07) is 1.68. The van der Waals surface area contributed by atoms with Gasteiger partial charge in [-0.25, -0.2) is 0 Å². The molecule has 2 N–H and O–H groups in total. The summed E-state index contributed by atoms with van der Waals surface area (Å²) in [5.41, 5.74) is 0.786. The maximum atomic E-state index is 12.6. The Labute approximate surface area is 162 Å². The Balaban J connectivity index is 3.71. The van der Waals surface area contributed by atoms with Crippen molar-refractivity contribution < 1.29 is 24.5 Å². The zero-order valence-corrected chi connectivity index (χ0v) is 17.6. The SMILES string of the molecule is [CH2]c1cc(C(C)(C)C)c(O)c(C(C)(C)C)c1C(C(=O)O)C(=O)OCCCC. The van der Waals surface area contributed by atoms with Crippen LogP contribution in [-0.4, -0.2) is 28.8 Å². The molecule has 0 aromatic heterocycles. The molecule has 0 bridgehead atoms. The highest BCUT2D eigenvalue weighted by molar-refractivity contribution is 6.01. The molecule has 0 fully saturated rings. The number of unbranched alkanes of at least 4 members (excludes halogenated alkanes) is 1. The van der Waals surface area contributed by atoms with E-state index in [1.165, 1.54) is 0 Å². The fourth-order valence-electron chi connectivity index (χ4n) is 3.15. The van der Waals surface area contributed by atoms with Gasteiger partial charge in [-0.3, -0.25) is 9.59 Å². The Hall–Kier alpha value is -2.04. The first-order valence-corrected chi connectivity index (χ1v) is 9.35. The molecule has 0 amide bonds. The Morgan fingerprint density at radius 1 is 1.15 bits per heavy atom. The molecule has 0 heterocycles. The number of phenols is 1. The molecule has 5 nitrogen and oxygen atoms in total. The molecule has 1 radical (unpaired) electrons. The van der Waals surface area contributed by atoms with E-state index in [4.69, 9.17) is 4.74 Å². The van der Waals surface area contributed by atoms with Crippen molar-refractivity contribution in [3.8, 4) is 5.75 Å². The van der Waals surface area contributed by atoms with Gasteiger partial charge in [0.15, 0.2) is 5.92 Å². The third-order valence-electron chi connectivity index (χ3n) is 4.50. The van der Waals surface area contributed by atoms with E-state index in [1.54, 1.807) is 6.07 Å². The van der Waals surface area contributed by atoms with Crippen molar-refractivity contribution in [2.75, 3.05) is 6.61 Å². The predicted molar refractivity (Wildman–Crippen MR) is 106 cm³/mol. The fraction of sp³-hybridized carbons (Fsp3) is 0.591. The molecular formula is C22H33O5. The maximum absolute atomic E-state index is 12.6. The number of carboxylic acid groups (broad SMARTS) is 1. The van der Waals surface area contributed by atoms with E-state index in [0.717, 1.165) is 6.42 Å². The number of ether oxygens (including phenoxy) is 1. The fourth-order valence-corrected chi connectivity index (χ4v) is 3.15. The van der Waals surface area contributed by atoms with Crippen LogP contribution in [0.5, 0.6) is 5.75 Å². The minimum absolute atomic E-state index is 0.0185. The van der Waals surface area contributed by atoms with E-state index in [-0.39, 0.29) is 23.3 Å². The Morgan fingerprint density at radius 2 is 1.70 bits per heavy atom. The van der Waals surface area contributed by atoms with Crippen molar-refractivity contribution in [1.82, 2.24) is 0 Å². The number of carbonyl (C=O) groups is 2. The summed E-state index contributed by atoms with van der Waals surface area (Å²) >= 11 is 0. The van der Waals surface area contributed by atoms with Gasteiger partial charge in [-0.15, -0.1) is 0 Å². The average Bonchev–Trinajstić information content (AvgIpc) is 2.48. The smallest absolute Gasteiger partial charge is 0.324 e. The molecule has 0 aliphatic rings. The van der Waals surface area contributed by atoms with Gasteiger partial charge in [0.2, 0.25) is 0 Å². The monoisotopic (exact) mass is 377 g/mol. The Kier molecular flexibility index (Phi) is 7.09. The number of carbonyl (C=O) groups excluding carboxylic acids is 1. The predicted octanol–water partition coefficient (Wildman–Crippen LogP) is 4.68. The third kappa shape index (κ3) is 5.24. The van der Waals surface area contributed by atoms with Crippen LogP contribution in [0.3, 0.4) is 0 Å². The van der Waals surface area contributed by atoms with Crippen molar-refractivity contribution in [2.45, 2.75) is 78.1 Å². The van der Waals surface area contributed by atoms with Gasteiger partial charge in [0.25, 0.3) is 0 Å². The molecule has 1 aromatic rings. The number of aromatic hydroxyl groups is 1. The molecule has 0 aliphatic carbocycles. The lowest BCUT2D eigenvalue weighted by atomic mass is 9.73. The number of hydrogen-bond donors (Lipinski definition) is 2. The van der Waals surface area contributed by atoms with Crippen LogP contribution in [-0.2, 0) is 25.2 Å². The van der Waals surface area contributed by atoms with E-state index in [0.29, 0.717) is 23.1 Å². The number of aliphatic carboxylic acids is 1. The van der Waals surface area contributed by atoms with Crippen LogP contribution in [0.25, 0.3) is 0 Å². The van der Waals surface area contributed by atoms with Gasteiger partial charge < -0.3 is 14.9 Å². The van der Waals surface area contributed by atoms with Crippen molar-refractivity contribution in [2.24, 2.45) is 0 Å². The third-order valence-corrected chi connectivity index (χ3v) is 4.50. The lowest BCUT2D eigenvalue weighted by Gasteiger charge is -2.32. The first-order chi connectivity index (χ1) is 12.2. The van der Waals surface area contributed by atoms with E-state index in [1.807, 2.05) is 48.5 Å². The number of hydrogen-bond acceptors (Lipinski definition) is 4. The highest BCUT2D eigenvalue weighted by Gasteiger charge is 2.39. The van der Waals surface area contributed by atoms with Crippen LogP contribution in [0, 0.1) is 6.92 Å². The number of phenolic OH excluding ortho intramolecular Hbond substituents is 1. The molecule has 1 rings (SSSR count). The Bertz CT molecular complexity index is 705. The average molecular weight is 378 g/mol. The second-order valence-electron chi connectivity index (χ2n) is 9.01. The largest absolute Gasteiger partial charge is 0.507 e. The topological polar surface area (TPSA) is 83.8 Å². The molecular weight excluding hydrogens is 344 g/mol. The normalized spacial score (nSPS) is 13.3. The van der Waals surface area contributed by atoms with Crippen LogP contribution >= 0.6 is 0 Å².